The predicted molar refractivity (Wildman–Crippen MR) is 97.1 cm³/mol. The number of fused-ring (bicyclic) bond motifs is 1. The second kappa shape index (κ2) is 7.35. The number of hydrogen-bond donors (Lipinski definition) is 4. The van der Waals surface area contributed by atoms with Crippen molar-refractivity contribution < 1.29 is 20.1 Å². The Balaban J connectivity index is 2.02. The molecule has 0 radical (unpaired) electrons. The highest BCUT2D eigenvalue weighted by Crippen LogP contribution is 2.35. The third-order valence-corrected chi connectivity index (χ3v) is 4.05. The second-order valence-electron chi connectivity index (χ2n) is 6.11. The molecule has 2 heterocycles. The van der Waals surface area contributed by atoms with Gasteiger partial charge < -0.3 is 25.0 Å². The molecule has 0 aliphatic carbocycles. The number of benzene rings is 1. The molecule has 4 N–H and O–H groups in total. The quantitative estimate of drug-likeness (QED) is 0.502. The van der Waals surface area contributed by atoms with Crippen LogP contribution in [0.1, 0.15) is 31.7 Å². The van der Waals surface area contributed by atoms with Gasteiger partial charge in [-0.2, -0.15) is 0 Å². The van der Waals surface area contributed by atoms with Crippen LogP contribution < -0.4 is 10.3 Å². The van der Waals surface area contributed by atoms with Gasteiger partial charge >= 0.3 is 0 Å². The summed E-state index contributed by atoms with van der Waals surface area (Å²) in [6.45, 7) is 2.10. The summed E-state index contributed by atoms with van der Waals surface area (Å²) in [6.07, 6.45) is 4.80. The second-order valence-corrected chi connectivity index (χ2v) is 6.11. The molecular weight excluding hydrogens is 336 g/mol. The third-order valence-electron chi connectivity index (χ3n) is 4.05. The molecule has 3 aromatic rings. The number of phenols is 1. The van der Waals surface area contributed by atoms with Crippen molar-refractivity contribution in [3.63, 3.8) is 0 Å². The Bertz CT molecular complexity index is 997. The van der Waals surface area contributed by atoms with Crippen LogP contribution in [0, 0.1) is 0 Å². The van der Waals surface area contributed by atoms with Crippen molar-refractivity contribution >= 4 is 10.9 Å². The summed E-state index contributed by atoms with van der Waals surface area (Å²) in [6, 6.07) is 5.68. The van der Waals surface area contributed by atoms with Gasteiger partial charge in [-0.1, -0.05) is 19.8 Å². The zero-order chi connectivity index (χ0) is 18.7. The normalized spacial score (nSPS) is 11.0. The molecule has 7 heteroatoms. The summed E-state index contributed by atoms with van der Waals surface area (Å²) in [7, 11) is 0. The molecule has 0 fully saturated rings. The molecule has 0 spiro atoms. The number of ether oxygens (including phenoxy) is 1. The van der Waals surface area contributed by atoms with Gasteiger partial charge in [-0.3, -0.25) is 4.79 Å². The number of pyridine rings is 2. The third kappa shape index (κ3) is 3.72. The summed E-state index contributed by atoms with van der Waals surface area (Å²) < 4.78 is 5.55. The van der Waals surface area contributed by atoms with Crippen LogP contribution in [0.15, 0.2) is 35.3 Å². The molecule has 1 aromatic carbocycles. The number of H-pyrrole nitrogens is 1. The van der Waals surface area contributed by atoms with Crippen molar-refractivity contribution in [2.24, 2.45) is 0 Å². The molecule has 0 unspecified atom stereocenters. The Morgan fingerprint density at radius 1 is 1.08 bits per heavy atom. The zero-order valence-electron chi connectivity index (χ0n) is 14.3. The predicted octanol–water partition coefficient (Wildman–Crippen LogP) is 3.56. The fourth-order valence-corrected chi connectivity index (χ4v) is 2.76. The molecule has 2 aromatic heterocycles. The standard InChI is InChI=1S/C19H20N2O5/c1-2-3-4-5-11-6-12-7-13(22)9-16(17(12)21-18(11)25)26-19-15(24)8-14(23)10-20-19/h6-10,22-24H,2-5H2,1H3,(H,21,25). The zero-order valence-corrected chi connectivity index (χ0v) is 14.3. The molecule has 0 saturated heterocycles. The number of unbranched alkanes of at least 4 members (excludes halogenated alkanes) is 2. The van der Waals surface area contributed by atoms with Crippen molar-refractivity contribution in [2.75, 3.05) is 0 Å². The number of aromatic nitrogens is 2. The highest BCUT2D eigenvalue weighted by Gasteiger charge is 2.13. The van der Waals surface area contributed by atoms with E-state index in [9.17, 15) is 20.1 Å². The lowest BCUT2D eigenvalue weighted by molar-refractivity contribution is 0.388. The average molecular weight is 356 g/mol. The van der Waals surface area contributed by atoms with Crippen LogP contribution in [-0.4, -0.2) is 25.3 Å². The van der Waals surface area contributed by atoms with Gasteiger partial charge in [-0.15, -0.1) is 0 Å². The Morgan fingerprint density at radius 2 is 1.88 bits per heavy atom. The van der Waals surface area contributed by atoms with Crippen LogP contribution in [0.3, 0.4) is 0 Å². The molecule has 26 heavy (non-hydrogen) atoms. The first-order chi connectivity index (χ1) is 12.5. The first kappa shape index (κ1) is 17.6. The first-order valence-electron chi connectivity index (χ1n) is 8.42. The maximum atomic E-state index is 12.4. The molecule has 0 amide bonds. The van der Waals surface area contributed by atoms with Crippen LogP contribution in [0.4, 0.5) is 0 Å². The molecule has 0 bridgehead atoms. The minimum Gasteiger partial charge on any atom is -0.508 e. The van der Waals surface area contributed by atoms with Crippen molar-refractivity contribution in [2.45, 2.75) is 32.6 Å². The number of nitrogens with zero attached hydrogens (tertiary/aromatic N) is 1. The first-order valence-corrected chi connectivity index (χ1v) is 8.42. The lowest BCUT2D eigenvalue weighted by Crippen LogP contribution is -2.12. The summed E-state index contributed by atoms with van der Waals surface area (Å²) >= 11 is 0. The Morgan fingerprint density at radius 3 is 2.62 bits per heavy atom. The van der Waals surface area contributed by atoms with Crippen LogP contribution in [0.2, 0.25) is 0 Å². The Kier molecular flexibility index (Phi) is 4.97. The van der Waals surface area contributed by atoms with E-state index in [1.54, 1.807) is 6.07 Å². The van der Waals surface area contributed by atoms with Crippen molar-refractivity contribution in [1.29, 1.82) is 0 Å². The molecule has 0 saturated carbocycles. The van der Waals surface area contributed by atoms with E-state index in [1.165, 1.54) is 12.1 Å². The summed E-state index contributed by atoms with van der Waals surface area (Å²) in [5.41, 5.74) is 0.821. The van der Waals surface area contributed by atoms with Crippen LogP contribution in [-0.2, 0) is 6.42 Å². The van der Waals surface area contributed by atoms with E-state index >= 15 is 0 Å². The molecule has 3 rings (SSSR count). The maximum Gasteiger partial charge on any atom is 0.262 e. The van der Waals surface area contributed by atoms with E-state index in [4.69, 9.17) is 4.74 Å². The molecule has 136 valence electrons. The van der Waals surface area contributed by atoms with E-state index in [2.05, 4.69) is 16.9 Å². The molecule has 0 atom stereocenters. The Labute approximate surface area is 149 Å². The van der Waals surface area contributed by atoms with Crippen molar-refractivity contribution in [3.05, 3.63) is 46.4 Å². The maximum absolute atomic E-state index is 12.4. The molecular formula is C19H20N2O5. The van der Waals surface area contributed by atoms with Crippen molar-refractivity contribution in [1.82, 2.24) is 9.97 Å². The Hall–Kier alpha value is -3.22. The van der Waals surface area contributed by atoms with Gasteiger partial charge in [0, 0.05) is 23.1 Å². The van der Waals surface area contributed by atoms with Gasteiger partial charge in [-0.25, -0.2) is 4.98 Å². The fraction of sp³-hybridized carbons (Fsp3) is 0.263. The minimum atomic E-state index is -0.361. The van der Waals surface area contributed by atoms with E-state index in [0.29, 0.717) is 22.9 Å². The van der Waals surface area contributed by atoms with E-state index in [-0.39, 0.29) is 34.4 Å². The van der Waals surface area contributed by atoms with E-state index < -0.39 is 0 Å². The van der Waals surface area contributed by atoms with Crippen LogP contribution in [0.25, 0.3) is 10.9 Å². The van der Waals surface area contributed by atoms with Crippen LogP contribution >= 0.6 is 0 Å². The lowest BCUT2D eigenvalue weighted by Gasteiger charge is -2.11. The van der Waals surface area contributed by atoms with Gasteiger partial charge in [0.15, 0.2) is 11.5 Å². The number of aromatic hydroxyl groups is 3. The highest BCUT2D eigenvalue weighted by molar-refractivity contribution is 5.86. The fourth-order valence-electron chi connectivity index (χ4n) is 2.76. The number of aromatic amines is 1. The number of nitrogens with one attached hydrogen (secondary N) is 1. The largest absolute Gasteiger partial charge is 0.508 e. The van der Waals surface area contributed by atoms with Gasteiger partial charge in [0.2, 0.25) is 0 Å². The number of rotatable bonds is 6. The molecule has 0 aliphatic rings. The van der Waals surface area contributed by atoms with Crippen molar-refractivity contribution in [3.8, 4) is 28.9 Å². The topological polar surface area (TPSA) is 116 Å². The van der Waals surface area contributed by atoms with E-state index in [0.717, 1.165) is 31.5 Å². The lowest BCUT2D eigenvalue weighted by atomic mass is 10.1. The SMILES string of the molecule is CCCCCc1cc2cc(O)cc(Oc3ncc(O)cc3O)c2[nH]c1=O. The van der Waals surface area contributed by atoms with Gasteiger partial charge in [0.05, 0.1) is 11.7 Å². The smallest absolute Gasteiger partial charge is 0.262 e. The summed E-state index contributed by atoms with van der Waals surface area (Å²) in [4.78, 5) is 18.9. The molecule has 7 nitrogen and oxygen atoms in total. The summed E-state index contributed by atoms with van der Waals surface area (Å²) in [5, 5.41) is 29.7. The van der Waals surface area contributed by atoms with Gasteiger partial charge in [-0.05, 0) is 25.0 Å². The number of aryl methyl sites for hydroxylation is 1. The molecule has 0 aliphatic heterocycles. The van der Waals surface area contributed by atoms with Crippen LogP contribution in [0.5, 0.6) is 28.9 Å². The average Bonchev–Trinajstić information content (AvgIpc) is 2.58. The monoisotopic (exact) mass is 356 g/mol. The highest BCUT2D eigenvalue weighted by atomic mass is 16.5. The van der Waals surface area contributed by atoms with Gasteiger partial charge in [0.1, 0.15) is 11.5 Å². The number of phenolic OH excluding ortho intramolecular Hbond substituents is 1. The van der Waals surface area contributed by atoms with Gasteiger partial charge in [0.25, 0.3) is 11.4 Å². The number of hydrogen-bond acceptors (Lipinski definition) is 6. The summed E-state index contributed by atoms with van der Waals surface area (Å²) in [5.74, 6) is -0.619. The minimum absolute atomic E-state index is 0.0441. The van der Waals surface area contributed by atoms with E-state index in [1.807, 2.05) is 0 Å².